The molecule has 1 heterocycles. The van der Waals surface area contributed by atoms with Crippen LogP contribution < -0.4 is 11.4 Å². The molecule has 150 valence electrons. The van der Waals surface area contributed by atoms with E-state index in [2.05, 4.69) is 0 Å². The zero-order chi connectivity index (χ0) is 19.1. The smallest absolute Gasteiger partial charge is 0.329 e. The van der Waals surface area contributed by atoms with Crippen molar-refractivity contribution in [2.75, 3.05) is 0 Å². The van der Waals surface area contributed by atoms with Crippen molar-refractivity contribution in [3.63, 3.8) is 0 Å². The number of nitrogens with zero attached hydrogens (tertiary/aromatic N) is 2. The van der Waals surface area contributed by atoms with Gasteiger partial charge in [-0.1, -0.05) is 48.7 Å². The first kappa shape index (κ1) is 20.6. The third kappa shape index (κ3) is 3.50. The lowest BCUT2D eigenvalue weighted by Crippen LogP contribution is -2.24. The lowest BCUT2D eigenvalue weighted by molar-refractivity contribution is 0.147. The number of aliphatic hydroxyl groups excluding tert-OH is 1. The highest BCUT2D eigenvalue weighted by Gasteiger charge is 2.24. The molecule has 2 unspecified atom stereocenters. The van der Waals surface area contributed by atoms with E-state index in [1.165, 1.54) is 12.8 Å². The largest absolute Gasteiger partial charge is 0.386 e. The van der Waals surface area contributed by atoms with Gasteiger partial charge in [0.2, 0.25) is 0 Å². The van der Waals surface area contributed by atoms with E-state index in [1.54, 1.807) is 11.6 Å². The van der Waals surface area contributed by atoms with Crippen molar-refractivity contribution in [2.24, 2.45) is 12.8 Å². The Hall–Kier alpha value is -2.08. The van der Waals surface area contributed by atoms with E-state index in [4.69, 9.17) is 5.73 Å². The molecule has 3 aromatic rings. The first-order valence-electron chi connectivity index (χ1n) is 9.68. The number of benzene rings is 2. The second-order valence-electron chi connectivity index (χ2n) is 7.78. The predicted molar refractivity (Wildman–Crippen MR) is 115 cm³/mol. The Labute approximate surface area is 171 Å². The van der Waals surface area contributed by atoms with E-state index in [1.807, 2.05) is 54.0 Å². The van der Waals surface area contributed by atoms with Gasteiger partial charge < -0.3 is 10.8 Å². The number of hydrogen-bond acceptors (Lipinski definition) is 3. The number of halogens is 1. The van der Waals surface area contributed by atoms with Crippen molar-refractivity contribution < 1.29 is 5.11 Å². The van der Waals surface area contributed by atoms with Gasteiger partial charge in [-0.15, -0.1) is 12.4 Å². The van der Waals surface area contributed by atoms with E-state index in [0.29, 0.717) is 0 Å². The summed E-state index contributed by atoms with van der Waals surface area (Å²) in [6.07, 6.45) is 3.63. The van der Waals surface area contributed by atoms with Crippen LogP contribution in [0, 0.1) is 6.92 Å². The Morgan fingerprint density at radius 2 is 1.79 bits per heavy atom. The number of imidazole rings is 1. The van der Waals surface area contributed by atoms with Gasteiger partial charge in [0.15, 0.2) is 0 Å². The molecule has 28 heavy (non-hydrogen) atoms. The van der Waals surface area contributed by atoms with Crippen LogP contribution in [0.1, 0.15) is 60.6 Å². The van der Waals surface area contributed by atoms with E-state index >= 15 is 0 Å². The van der Waals surface area contributed by atoms with Crippen molar-refractivity contribution in [3.05, 3.63) is 69.6 Å². The average molecular weight is 402 g/mol. The summed E-state index contributed by atoms with van der Waals surface area (Å²) in [4.78, 5) is 12.8. The molecule has 1 aromatic heterocycles. The fourth-order valence-electron chi connectivity index (χ4n) is 4.35. The third-order valence-electron chi connectivity index (χ3n) is 5.91. The molecule has 0 amide bonds. The van der Waals surface area contributed by atoms with Crippen LogP contribution in [0.15, 0.2) is 47.3 Å². The first-order chi connectivity index (χ1) is 13.0. The van der Waals surface area contributed by atoms with E-state index < -0.39 is 12.1 Å². The third-order valence-corrected chi connectivity index (χ3v) is 5.91. The van der Waals surface area contributed by atoms with Gasteiger partial charge in [0.25, 0.3) is 0 Å². The average Bonchev–Trinajstić information content (AvgIpc) is 3.28. The van der Waals surface area contributed by atoms with Crippen LogP contribution in [-0.4, -0.2) is 14.2 Å². The van der Waals surface area contributed by atoms with Gasteiger partial charge in [-0.2, -0.15) is 0 Å². The Kier molecular flexibility index (Phi) is 5.98. The Bertz CT molecular complexity index is 1030. The van der Waals surface area contributed by atoms with Crippen LogP contribution >= 0.6 is 12.4 Å². The SMILES string of the molecule is Cc1cccc(C(N)C(O)c2ccc3c(c2)n(C)c(=O)n3C2CCCC2)c1.Cl. The zero-order valence-electron chi connectivity index (χ0n) is 16.3. The van der Waals surface area contributed by atoms with Crippen molar-refractivity contribution >= 4 is 23.4 Å². The van der Waals surface area contributed by atoms with Gasteiger partial charge in [0, 0.05) is 13.1 Å². The molecule has 0 bridgehead atoms. The molecule has 1 aliphatic carbocycles. The summed E-state index contributed by atoms with van der Waals surface area (Å²) in [5.74, 6) is 0. The van der Waals surface area contributed by atoms with Gasteiger partial charge in [-0.25, -0.2) is 4.79 Å². The maximum Gasteiger partial charge on any atom is 0.329 e. The van der Waals surface area contributed by atoms with Crippen molar-refractivity contribution in [1.82, 2.24) is 9.13 Å². The Morgan fingerprint density at radius 1 is 1.07 bits per heavy atom. The van der Waals surface area contributed by atoms with E-state index in [9.17, 15) is 9.90 Å². The Balaban J connectivity index is 0.00000225. The molecule has 0 radical (unpaired) electrons. The predicted octanol–water partition coefficient (Wildman–Crippen LogP) is 3.92. The maximum atomic E-state index is 12.8. The summed E-state index contributed by atoms with van der Waals surface area (Å²) in [5, 5.41) is 10.9. The molecule has 3 N–H and O–H groups in total. The van der Waals surface area contributed by atoms with Crippen molar-refractivity contribution in [3.8, 4) is 0 Å². The van der Waals surface area contributed by atoms with Crippen molar-refractivity contribution in [2.45, 2.75) is 50.8 Å². The number of aliphatic hydroxyl groups is 1. The number of aromatic nitrogens is 2. The Morgan fingerprint density at radius 3 is 2.46 bits per heavy atom. The molecule has 4 rings (SSSR count). The van der Waals surface area contributed by atoms with Crippen LogP contribution in [-0.2, 0) is 7.05 Å². The molecule has 0 saturated heterocycles. The topological polar surface area (TPSA) is 73.2 Å². The fraction of sp³-hybridized carbons (Fsp3) is 0.409. The van der Waals surface area contributed by atoms with Gasteiger partial charge in [-0.05, 0) is 43.0 Å². The highest BCUT2D eigenvalue weighted by molar-refractivity contribution is 5.85. The van der Waals surface area contributed by atoms with Crippen LogP contribution in [0.5, 0.6) is 0 Å². The quantitative estimate of drug-likeness (QED) is 0.695. The molecule has 5 nitrogen and oxygen atoms in total. The number of hydrogen-bond donors (Lipinski definition) is 2. The van der Waals surface area contributed by atoms with Crippen LogP contribution in [0.4, 0.5) is 0 Å². The molecule has 1 saturated carbocycles. The first-order valence-corrected chi connectivity index (χ1v) is 9.68. The zero-order valence-corrected chi connectivity index (χ0v) is 17.2. The lowest BCUT2D eigenvalue weighted by atomic mass is 9.95. The fourth-order valence-corrected chi connectivity index (χ4v) is 4.35. The molecule has 2 aromatic carbocycles. The van der Waals surface area contributed by atoms with Gasteiger partial charge in [0.05, 0.1) is 23.2 Å². The molecular formula is C22H28ClN3O2. The molecule has 1 aliphatic rings. The summed E-state index contributed by atoms with van der Waals surface area (Å²) in [7, 11) is 1.80. The molecule has 0 spiro atoms. The number of rotatable bonds is 4. The van der Waals surface area contributed by atoms with Gasteiger partial charge >= 0.3 is 5.69 Å². The van der Waals surface area contributed by atoms with Crippen LogP contribution in [0.2, 0.25) is 0 Å². The normalized spacial score (nSPS) is 16.9. The highest BCUT2D eigenvalue weighted by atomic mass is 35.5. The standard InChI is InChI=1S/C22H27N3O2.ClH/c1-14-6-5-7-15(12-14)20(23)21(26)16-10-11-18-19(13-16)24(2)22(27)25(18)17-8-3-4-9-17;/h5-7,10-13,17,20-21,26H,3-4,8-9,23H2,1-2H3;1H. The molecule has 2 atom stereocenters. The minimum Gasteiger partial charge on any atom is -0.386 e. The number of aryl methyl sites for hydroxylation is 2. The van der Waals surface area contributed by atoms with E-state index in [-0.39, 0.29) is 24.1 Å². The monoisotopic (exact) mass is 401 g/mol. The summed E-state index contributed by atoms with van der Waals surface area (Å²) in [6.45, 7) is 2.01. The highest BCUT2D eigenvalue weighted by Crippen LogP contribution is 2.33. The minimum absolute atomic E-state index is 0. The molecule has 1 fully saturated rings. The van der Waals surface area contributed by atoms with Crippen molar-refractivity contribution in [1.29, 1.82) is 0 Å². The second-order valence-corrected chi connectivity index (χ2v) is 7.78. The van der Waals surface area contributed by atoms with Gasteiger partial charge in [-0.3, -0.25) is 9.13 Å². The molecule has 6 heteroatoms. The minimum atomic E-state index is -0.832. The molecular weight excluding hydrogens is 374 g/mol. The van der Waals surface area contributed by atoms with Gasteiger partial charge in [0.1, 0.15) is 0 Å². The lowest BCUT2D eigenvalue weighted by Gasteiger charge is -2.20. The summed E-state index contributed by atoms with van der Waals surface area (Å²) < 4.78 is 3.61. The van der Waals surface area contributed by atoms with Crippen LogP contribution in [0.3, 0.4) is 0 Å². The maximum absolute atomic E-state index is 12.8. The van der Waals surface area contributed by atoms with E-state index in [0.717, 1.165) is 40.6 Å². The summed E-state index contributed by atoms with van der Waals surface area (Å²) >= 11 is 0. The second kappa shape index (κ2) is 8.11. The molecule has 0 aliphatic heterocycles. The number of nitrogens with two attached hydrogens (primary N) is 1. The number of fused-ring (bicyclic) bond motifs is 1. The summed E-state index contributed by atoms with van der Waals surface area (Å²) in [6, 6.07) is 13.4. The van der Waals surface area contributed by atoms with Crippen LogP contribution in [0.25, 0.3) is 11.0 Å². The summed E-state index contributed by atoms with van der Waals surface area (Å²) in [5.41, 5.74) is 10.9.